The molecule has 0 aromatic heterocycles. The molecule has 7 heavy (non-hydrogen) atoms. The van der Waals surface area contributed by atoms with Crippen molar-refractivity contribution in [2.45, 2.75) is 0 Å². The van der Waals surface area contributed by atoms with Crippen LogP contribution in [0.4, 0.5) is 0 Å². The first-order valence-corrected chi connectivity index (χ1v) is 2.19. The number of phosphoric acid groups is 1. The van der Waals surface area contributed by atoms with Crippen LogP contribution in [0, 0.1) is 0 Å². The third-order valence-electron chi connectivity index (χ3n) is 0. The van der Waals surface area contributed by atoms with Crippen molar-refractivity contribution in [2.75, 3.05) is 0 Å². The van der Waals surface area contributed by atoms with Crippen molar-refractivity contribution in [3.63, 3.8) is 0 Å². The molecular formula is H4KNO4P-. The van der Waals surface area contributed by atoms with E-state index in [0.717, 1.165) is 0 Å². The van der Waals surface area contributed by atoms with Gasteiger partial charge in [-0.15, -0.1) is 0 Å². The van der Waals surface area contributed by atoms with Crippen molar-refractivity contribution < 1.29 is 70.6 Å². The van der Waals surface area contributed by atoms with Gasteiger partial charge in [0.15, 0.2) is 0 Å². The maximum Gasteiger partial charge on any atom is 1.00 e. The second-order valence-corrected chi connectivity index (χ2v) is 1.34. The molecule has 7 heteroatoms. The quantitative estimate of drug-likeness (QED) is 0.274. The first-order chi connectivity index (χ1) is 2.00. The van der Waals surface area contributed by atoms with Crippen LogP contribution in [0.25, 0.3) is 0 Å². The number of hydrogen-bond acceptors (Lipinski definition) is 4. The van der Waals surface area contributed by atoms with Gasteiger partial charge in [-0.05, 0) is 0 Å². The normalized spacial score (nSPS) is 8.43. The standard InChI is InChI=1S/K.H3N.H3O4P/c;;1-5(2,3)4/h;1H3;(H3,1,2,3,4)/q+1;;/p-2. The molecule has 0 aliphatic heterocycles. The monoisotopic (exact) mass is 152 g/mol. The fourth-order valence-electron chi connectivity index (χ4n) is 0. The van der Waals surface area contributed by atoms with Crippen LogP contribution in [0.3, 0.4) is 0 Å². The zero-order valence-electron chi connectivity index (χ0n) is 4.08. The second-order valence-electron chi connectivity index (χ2n) is 0.447. The van der Waals surface area contributed by atoms with E-state index in [9.17, 15) is 0 Å². The molecule has 0 fully saturated rings. The third kappa shape index (κ3) is 86.2. The van der Waals surface area contributed by atoms with Crippen LogP contribution in [0.2, 0.25) is 0 Å². The Morgan fingerprint density at radius 3 is 1.14 bits per heavy atom. The summed E-state index contributed by atoms with van der Waals surface area (Å²) < 4.78 is 8.55. The molecule has 0 aromatic carbocycles. The summed E-state index contributed by atoms with van der Waals surface area (Å²) in [5.41, 5.74) is 0. The average molecular weight is 152 g/mol. The van der Waals surface area contributed by atoms with Crippen molar-refractivity contribution in [2.24, 2.45) is 0 Å². The summed E-state index contributed by atoms with van der Waals surface area (Å²) in [5, 5.41) is 0. The van der Waals surface area contributed by atoms with Crippen LogP contribution in [0.1, 0.15) is 0 Å². The molecule has 5 nitrogen and oxygen atoms in total. The summed E-state index contributed by atoms with van der Waals surface area (Å²) in [6.45, 7) is 0. The molecule has 0 bridgehead atoms. The van der Waals surface area contributed by atoms with Gasteiger partial charge in [0.25, 0.3) is 0 Å². The number of quaternary nitrogens is 1. The van der Waals surface area contributed by atoms with E-state index in [1.54, 1.807) is 0 Å². The van der Waals surface area contributed by atoms with E-state index in [-0.39, 0.29) is 57.5 Å². The van der Waals surface area contributed by atoms with E-state index < -0.39 is 7.82 Å². The van der Waals surface area contributed by atoms with Gasteiger partial charge < -0.3 is 25.4 Å². The second kappa shape index (κ2) is 5.84. The molecule has 0 aliphatic rings. The summed E-state index contributed by atoms with van der Waals surface area (Å²) in [6, 6.07) is 0. The van der Waals surface area contributed by atoms with Crippen molar-refractivity contribution >= 4 is 7.82 Å². The first-order valence-electron chi connectivity index (χ1n) is 0.730. The summed E-state index contributed by atoms with van der Waals surface area (Å²) in [7, 11) is -5.39. The molecule has 0 radical (unpaired) electrons. The largest absolute Gasteiger partial charge is 1.00 e. The van der Waals surface area contributed by atoms with Crippen LogP contribution in [-0.4, -0.2) is 0 Å². The van der Waals surface area contributed by atoms with Crippen LogP contribution in [0.15, 0.2) is 0 Å². The molecule has 0 atom stereocenters. The molecule has 0 rings (SSSR count). The summed E-state index contributed by atoms with van der Waals surface area (Å²) in [6.07, 6.45) is 0. The first kappa shape index (κ1) is 15.9. The minimum absolute atomic E-state index is 0. The Bertz CT molecular complexity index is 57.8. The Kier molecular flexibility index (Phi) is 13.2. The van der Waals surface area contributed by atoms with Crippen LogP contribution >= 0.6 is 7.82 Å². The summed E-state index contributed by atoms with van der Waals surface area (Å²) in [5.74, 6) is 0. The van der Waals surface area contributed by atoms with E-state index in [2.05, 4.69) is 0 Å². The SMILES string of the molecule is O=P([O-])([O-])[O-].[K+].[NH4+]. The van der Waals surface area contributed by atoms with Gasteiger partial charge in [0.1, 0.15) is 0 Å². The van der Waals surface area contributed by atoms with Gasteiger partial charge >= 0.3 is 51.4 Å². The molecule has 0 spiro atoms. The van der Waals surface area contributed by atoms with E-state index in [0.29, 0.717) is 0 Å². The molecular weight excluding hydrogens is 148 g/mol. The molecule has 0 aromatic rings. The molecule has 0 saturated heterocycles. The molecule has 0 saturated carbocycles. The van der Waals surface area contributed by atoms with Gasteiger partial charge in [0, 0.05) is 0 Å². The summed E-state index contributed by atoms with van der Waals surface area (Å²) in [4.78, 5) is 25.6. The van der Waals surface area contributed by atoms with Gasteiger partial charge in [0.05, 0.1) is 0 Å². The van der Waals surface area contributed by atoms with Gasteiger partial charge in [-0.3, -0.25) is 0 Å². The predicted octanol–water partition coefficient (Wildman–Crippen LogP) is -5.44. The Labute approximate surface area is 83.4 Å². The molecule has 4 N–H and O–H groups in total. The topological polar surface area (TPSA) is 123 Å². The minimum atomic E-state index is -5.39. The van der Waals surface area contributed by atoms with Crippen LogP contribution in [0.5, 0.6) is 0 Å². The van der Waals surface area contributed by atoms with Gasteiger partial charge in [-0.25, -0.2) is 0 Å². The van der Waals surface area contributed by atoms with Crippen molar-refractivity contribution in [1.82, 2.24) is 6.15 Å². The Morgan fingerprint density at radius 2 is 1.14 bits per heavy atom. The smallest absolute Gasteiger partial charge is 0.822 e. The van der Waals surface area contributed by atoms with Crippen molar-refractivity contribution in [1.29, 1.82) is 0 Å². The average Bonchev–Trinajstić information content (AvgIpc) is 0.722. The van der Waals surface area contributed by atoms with Crippen LogP contribution < -0.4 is 72.2 Å². The van der Waals surface area contributed by atoms with Gasteiger partial charge in [-0.2, -0.15) is 7.82 Å². The molecule has 0 unspecified atom stereocenters. The van der Waals surface area contributed by atoms with E-state index in [1.807, 2.05) is 0 Å². The maximum absolute atomic E-state index is 8.55. The van der Waals surface area contributed by atoms with E-state index in [4.69, 9.17) is 19.2 Å². The number of rotatable bonds is 0. The van der Waals surface area contributed by atoms with Gasteiger partial charge in [-0.1, -0.05) is 0 Å². The summed E-state index contributed by atoms with van der Waals surface area (Å²) >= 11 is 0. The van der Waals surface area contributed by atoms with Crippen LogP contribution in [-0.2, 0) is 4.57 Å². The Balaban J connectivity index is -0.0000000800. The van der Waals surface area contributed by atoms with E-state index >= 15 is 0 Å². The minimum Gasteiger partial charge on any atom is -0.822 e. The fourth-order valence-corrected chi connectivity index (χ4v) is 0. The Morgan fingerprint density at radius 1 is 1.14 bits per heavy atom. The van der Waals surface area contributed by atoms with Crippen molar-refractivity contribution in [3.8, 4) is 0 Å². The van der Waals surface area contributed by atoms with Gasteiger partial charge in [0.2, 0.25) is 0 Å². The van der Waals surface area contributed by atoms with E-state index in [1.165, 1.54) is 0 Å². The zero-order chi connectivity index (χ0) is 4.50. The third-order valence-corrected chi connectivity index (χ3v) is 0. The molecule has 40 valence electrons. The Hall–Kier alpha value is 1.71. The van der Waals surface area contributed by atoms with Crippen molar-refractivity contribution in [3.05, 3.63) is 0 Å². The predicted molar refractivity (Wildman–Crippen MR) is 13.6 cm³/mol. The molecule has 0 heterocycles. The zero-order valence-corrected chi connectivity index (χ0v) is 8.10. The fraction of sp³-hybridized carbons (Fsp3) is 0. The molecule has 0 amide bonds. The number of hydrogen-bond donors (Lipinski definition) is 1. The molecule has 0 aliphatic carbocycles. The maximum atomic E-state index is 8.55.